The van der Waals surface area contributed by atoms with Crippen molar-refractivity contribution in [3.05, 3.63) is 0 Å². The third-order valence-corrected chi connectivity index (χ3v) is 1.33. The lowest BCUT2D eigenvalue weighted by Crippen LogP contribution is -2.47. The van der Waals surface area contributed by atoms with Crippen molar-refractivity contribution >= 4 is 0 Å². The highest BCUT2D eigenvalue weighted by Gasteiger charge is 2.59. The molecule has 0 heterocycles. The van der Waals surface area contributed by atoms with E-state index in [1.54, 1.807) is 0 Å². The van der Waals surface area contributed by atoms with E-state index in [-0.39, 0.29) is 0 Å². The molecule has 0 aliphatic heterocycles. The van der Waals surface area contributed by atoms with Crippen LogP contribution in [0.4, 0.5) is 26.3 Å². The Morgan fingerprint density at radius 2 is 1.31 bits per heavy atom. The van der Waals surface area contributed by atoms with Crippen LogP contribution in [0.3, 0.4) is 0 Å². The third-order valence-electron chi connectivity index (χ3n) is 1.33. The minimum absolute atomic E-state index is 1.09. The number of rotatable bonds is 2. The Bertz CT molecular complexity index is 149. The largest absolute Gasteiger partial charge is 0.403 e. The third kappa shape index (κ3) is 3.39. The second-order valence-electron chi connectivity index (χ2n) is 2.36. The number of nitrogens with two attached hydrogens (primary N) is 1. The topological polar surface area (TPSA) is 46.2 Å². The number of aliphatic hydroxyl groups is 1. The first kappa shape index (κ1) is 12.5. The lowest BCUT2D eigenvalue weighted by Gasteiger charge is -2.26. The van der Waals surface area contributed by atoms with E-state index in [1.807, 2.05) is 0 Å². The van der Waals surface area contributed by atoms with E-state index in [1.165, 1.54) is 0 Å². The van der Waals surface area contributed by atoms with Gasteiger partial charge in [-0.2, -0.15) is 26.3 Å². The molecule has 0 saturated heterocycles. The number of aliphatic hydroxyl groups excluding tert-OH is 1. The minimum atomic E-state index is -5.53. The molecule has 80 valence electrons. The van der Waals surface area contributed by atoms with Gasteiger partial charge < -0.3 is 10.8 Å². The van der Waals surface area contributed by atoms with Gasteiger partial charge in [0.1, 0.15) is 0 Å². The summed E-state index contributed by atoms with van der Waals surface area (Å²) in [6.07, 6.45) is -13.7. The van der Waals surface area contributed by atoms with Crippen LogP contribution in [-0.2, 0) is 0 Å². The maximum Gasteiger partial charge on any atom is 0.403 e. The van der Waals surface area contributed by atoms with Gasteiger partial charge in [-0.15, -0.1) is 0 Å². The lowest BCUT2D eigenvalue weighted by molar-refractivity contribution is -0.304. The molecule has 1 atom stereocenters. The van der Waals surface area contributed by atoms with Gasteiger partial charge in [-0.1, -0.05) is 0 Å². The van der Waals surface area contributed by atoms with Crippen LogP contribution >= 0.6 is 0 Å². The fourth-order valence-electron chi connectivity index (χ4n) is 0.758. The first-order valence-corrected chi connectivity index (χ1v) is 3.12. The molecule has 3 N–H and O–H groups in total. The smallest absolute Gasteiger partial charge is 0.391 e. The van der Waals surface area contributed by atoms with Crippen molar-refractivity contribution in [1.82, 2.24) is 0 Å². The molecule has 0 bridgehead atoms. The molecule has 0 amide bonds. The summed E-state index contributed by atoms with van der Waals surface area (Å²) in [4.78, 5) is 0. The summed E-state index contributed by atoms with van der Waals surface area (Å²) in [5.41, 5.74) is 4.52. The average molecular weight is 211 g/mol. The average Bonchev–Trinajstić information content (AvgIpc) is 1.80. The number of hydrogen-bond acceptors (Lipinski definition) is 2. The quantitative estimate of drug-likeness (QED) is 0.670. The summed E-state index contributed by atoms with van der Waals surface area (Å²) in [5, 5.41) is 8.42. The van der Waals surface area contributed by atoms with E-state index in [0.717, 1.165) is 0 Å². The predicted octanol–water partition coefficient (Wildman–Crippen LogP) is 1.05. The van der Waals surface area contributed by atoms with Crippen molar-refractivity contribution in [2.24, 2.45) is 11.7 Å². The van der Waals surface area contributed by atoms with Crippen molar-refractivity contribution in [2.45, 2.75) is 18.5 Å². The minimum Gasteiger partial charge on any atom is -0.391 e. The standard InChI is InChI=1S/C5H7F6NO/c6-4(7,8)3(2(13)1-12)5(9,10)11/h2-3,13H,1,12H2/t2-/m0/s1. The molecule has 0 radical (unpaired) electrons. The van der Waals surface area contributed by atoms with Gasteiger partial charge in [0, 0.05) is 6.54 Å². The highest BCUT2D eigenvalue weighted by Crippen LogP contribution is 2.40. The van der Waals surface area contributed by atoms with Crippen molar-refractivity contribution < 1.29 is 31.4 Å². The van der Waals surface area contributed by atoms with Crippen LogP contribution in [0.15, 0.2) is 0 Å². The van der Waals surface area contributed by atoms with Crippen LogP contribution in [0, 0.1) is 5.92 Å². The van der Waals surface area contributed by atoms with Gasteiger partial charge in [0.05, 0.1) is 6.10 Å². The Morgan fingerprint density at radius 1 is 1.00 bits per heavy atom. The van der Waals surface area contributed by atoms with Gasteiger partial charge in [-0.25, -0.2) is 0 Å². The van der Waals surface area contributed by atoms with Crippen molar-refractivity contribution in [3.63, 3.8) is 0 Å². The van der Waals surface area contributed by atoms with Gasteiger partial charge in [0.2, 0.25) is 0 Å². The zero-order chi connectivity index (χ0) is 10.9. The fraction of sp³-hybridized carbons (Fsp3) is 1.00. The SMILES string of the molecule is NC[C@H](O)C(C(F)(F)F)C(F)(F)F. The molecule has 0 aromatic heterocycles. The normalized spacial score (nSPS) is 16.4. The number of alkyl halides is 6. The fourth-order valence-corrected chi connectivity index (χ4v) is 0.758. The Balaban J connectivity index is 4.78. The van der Waals surface area contributed by atoms with Gasteiger partial charge >= 0.3 is 12.4 Å². The predicted molar refractivity (Wildman–Crippen MR) is 30.7 cm³/mol. The van der Waals surface area contributed by atoms with E-state index in [4.69, 9.17) is 5.11 Å². The van der Waals surface area contributed by atoms with E-state index in [0.29, 0.717) is 0 Å². The van der Waals surface area contributed by atoms with Crippen LogP contribution in [0.5, 0.6) is 0 Å². The molecular weight excluding hydrogens is 204 g/mol. The zero-order valence-corrected chi connectivity index (χ0v) is 6.15. The maximum atomic E-state index is 11.7. The van der Waals surface area contributed by atoms with E-state index in [2.05, 4.69) is 5.73 Å². The lowest BCUT2D eigenvalue weighted by atomic mass is 10.0. The van der Waals surface area contributed by atoms with Gasteiger partial charge in [0.15, 0.2) is 5.92 Å². The zero-order valence-electron chi connectivity index (χ0n) is 6.15. The Morgan fingerprint density at radius 3 is 1.38 bits per heavy atom. The monoisotopic (exact) mass is 211 g/mol. The highest BCUT2D eigenvalue weighted by atomic mass is 19.4. The molecule has 2 nitrogen and oxygen atoms in total. The molecule has 8 heteroatoms. The summed E-state index contributed by atoms with van der Waals surface area (Å²) in [7, 11) is 0. The number of halogens is 6. The number of hydrogen-bond donors (Lipinski definition) is 2. The maximum absolute atomic E-state index is 11.7. The van der Waals surface area contributed by atoms with Gasteiger partial charge in [-0.3, -0.25) is 0 Å². The van der Waals surface area contributed by atoms with E-state index < -0.39 is 30.9 Å². The summed E-state index contributed by atoms with van der Waals surface area (Å²) < 4.78 is 70.3. The second kappa shape index (κ2) is 3.70. The van der Waals surface area contributed by atoms with Crippen LogP contribution < -0.4 is 5.73 Å². The molecular formula is C5H7F6NO. The molecule has 0 rings (SSSR count). The van der Waals surface area contributed by atoms with Crippen LogP contribution in [0.1, 0.15) is 0 Å². The summed E-state index contributed by atoms with van der Waals surface area (Å²) in [6.45, 7) is -1.09. The van der Waals surface area contributed by atoms with Crippen molar-refractivity contribution in [3.8, 4) is 0 Å². The van der Waals surface area contributed by atoms with Crippen molar-refractivity contribution in [2.75, 3.05) is 6.54 Å². The van der Waals surface area contributed by atoms with Crippen LogP contribution in [0.25, 0.3) is 0 Å². The van der Waals surface area contributed by atoms with Crippen LogP contribution in [0.2, 0.25) is 0 Å². The van der Waals surface area contributed by atoms with E-state index in [9.17, 15) is 26.3 Å². The summed E-state index contributed by atoms with van der Waals surface area (Å²) in [6, 6.07) is 0. The van der Waals surface area contributed by atoms with Gasteiger partial charge in [0.25, 0.3) is 0 Å². The molecule has 0 unspecified atom stereocenters. The Kier molecular flexibility index (Phi) is 3.56. The molecule has 0 aliphatic carbocycles. The van der Waals surface area contributed by atoms with Crippen molar-refractivity contribution in [1.29, 1.82) is 0 Å². The Hall–Kier alpha value is -0.500. The molecule has 0 spiro atoms. The Labute approximate surface area is 69.3 Å². The summed E-state index contributed by atoms with van der Waals surface area (Å²) >= 11 is 0. The van der Waals surface area contributed by atoms with Crippen LogP contribution in [-0.4, -0.2) is 30.1 Å². The molecule has 13 heavy (non-hydrogen) atoms. The highest BCUT2D eigenvalue weighted by molar-refractivity contribution is 4.82. The first-order chi connectivity index (χ1) is 5.60. The molecule has 0 aliphatic rings. The molecule has 0 fully saturated rings. The van der Waals surface area contributed by atoms with Gasteiger partial charge in [-0.05, 0) is 0 Å². The molecule has 0 saturated carbocycles. The summed E-state index contributed by atoms with van der Waals surface area (Å²) in [5.74, 6) is -3.77. The molecule has 0 aromatic carbocycles. The second-order valence-corrected chi connectivity index (χ2v) is 2.36. The molecule has 0 aromatic rings. The first-order valence-electron chi connectivity index (χ1n) is 3.12. The van der Waals surface area contributed by atoms with E-state index >= 15 is 0 Å².